The zero-order valence-corrected chi connectivity index (χ0v) is 13.4. The minimum absolute atomic E-state index is 0.0472. The van der Waals surface area contributed by atoms with Gasteiger partial charge in [0.2, 0.25) is 0 Å². The van der Waals surface area contributed by atoms with Crippen molar-refractivity contribution in [3.05, 3.63) is 24.2 Å². The van der Waals surface area contributed by atoms with Gasteiger partial charge in [-0.25, -0.2) is 9.50 Å². The van der Waals surface area contributed by atoms with Gasteiger partial charge in [-0.15, -0.1) is 0 Å². The highest BCUT2D eigenvalue weighted by Gasteiger charge is 2.20. The Morgan fingerprint density at radius 3 is 2.60 bits per heavy atom. The van der Waals surface area contributed by atoms with Crippen LogP contribution in [0.1, 0.15) is 53.7 Å². The van der Waals surface area contributed by atoms with Crippen LogP contribution < -0.4 is 5.32 Å². The summed E-state index contributed by atoms with van der Waals surface area (Å²) in [6.07, 6.45) is 4.87. The third-order valence-electron chi connectivity index (χ3n) is 4.02. The first-order valence-corrected chi connectivity index (χ1v) is 7.44. The van der Waals surface area contributed by atoms with Crippen LogP contribution in [0.3, 0.4) is 0 Å². The van der Waals surface area contributed by atoms with E-state index in [2.05, 4.69) is 63.0 Å². The van der Waals surface area contributed by atoms with Crippen molar-refractivity contribution in [2.75, 3.05) is 5.32 Å². The van der Waals surface area contributed by atoms with Crippen molar-refractivity contribution in [1.29, 1.82) is 0 Å². The van der Waals surface area contributed by atoms with Crippen molar-refractivity contribution < 1.29 is 0 Å². The van der Waals surface area contributed by atoms with E-state index >= 15 is 0 Å². The maximum atomic E-state index is 4.65. The van der Waals surface area contributed by atoms with Gasteiger partial charge in [0.1, 0.15) is 5.52 Å². The van der Waals surface area contributed by atoms with Crippen LogP contribution in [0.2, 0.25) is 0 Å². The van der Waals surface area contributed by atoms with Gasteiger partial charge >= 0.3 is 0 Å². The monoisotopic (exact) mass is 274 g/mol. The Hall–Kier alpha value is -1.58. The topological polar surface area (TPSA) is 42.2 Å². The lowest BCUT2D eigenvalue weighted by Crippen LogP contribution is -2.24. The second kappa shape index (κ2) is 5.43. The molecule has 2 rings (SSSR count). The van der Waals surface area contributed by atoms with Crippen LogP contribution in [0.5, 0.6) is 0 Å². The average Bonchev–Trinajstić information content (AvgIpc) is 2.82. The van der Waals surface area contributed by atoms with E-state index in [-0.39, 0.29) is 5.41 Å². The second-order valence-electron chi connectivity index (χ2n) is 6.70. The van der Waals surface area contributed by atoms with Gasteiger partial charge in [0.25, 0.3) is 0 Å². The molecule has 2 heterocycles. The first-order valence-electron chi connectivity index (χ1n) is 7.44. The Morgan fingerprint density at radius 1 is 1.30 bits per heavy atom. The predicted molar refractivity (Wildman–Crippen MR) is 84.2 cm³/mol. The van der Waals surface area contributed by atoms with E-state index in [0.717, 1.165) is 23.4 Å². The maximum Gasteiger partial charge on any atom is 0.152 e. The van der Waals surface area contributed by atoms with E-state index in [1.54, 1.807) is 6.20 Å². The van der Waals surface area contributed by atoms with Crippen LogP contribution >= 0.6 is 0 Å². The quantitative estimate of drug-likeness (QED) is 0.920. The van der Waals surface area contributed by atoms with Gasteiger partial charge in [0.05, 0.1) is 5.69 Å². The van der Waals surface area contributed by atoms with Gasteiger partial charge in [-0.2, -0.15) is 5.10 Å². The van der Waals surface area contributed by atoms with Crippen molar-refractivity contribution in [2.45, 2.75) is 59.4 Å². The first-order chi connectivity index (χ1) is 9.32. The summed E-state index contributed by atoms with van der Waals surface area (Å²) in [7, 11) is 0. The number of fused-ring (bicyclic) bond motifs is 1. The summed E-state index contributed by atoms with van der Waals surface area (Å²) in [4.78, 5) is 4.49. The summed E-state index contributed by atoms with van der Waals surface area (Å²) in [6.45, 7) is 13.2. The Morgan fingerprint density at radius 2 is 2.00 bits per heavy atom. The molecule has 2 aromatic heterocycles. The Balaban J connectivity index is 2.37. The number of rotatable bonds is 4. The molecule has 0 spiro atoms. The lowest BCUT2D eigenvalue weighted by Gasteiger charge is -2.20. The molecule has 0 radical (unpaired) electrons. The molecule has 0 amide bonds. The largest absolute Gasteiger partial charge is 0.366 e. The number of nitrogens with one attached hydrogen (secondary N) is 1. The molecule has 1 N–H and O–H groups in total. The third kappa shape index (κ3) is 2.94. The molecule has 0 saturated carbocycles. The standard InChI is InChI=1S/C16H26N4/c1-7-11(2)12(3)18-15-13-10-14(16(4,5)6)19-20(13)9-8-17-15/h8-12H,7H2,1-6H3,(H,17,18). The summed E-state index contributed by atoms with van der Waals surface area (Å²) in [6, 6.07) is 2.53. The van der Waals surface area contributed by atoms with Crippen molar-refractivity contribution in [2.24, 2.45) is 5.92 Å². The highest BCUT2D eigenvalue weighted by molar-refractivity contribution is 5.68. The number of nitrogens with zero attached hydrogens (tertiary/aromatic N) is 3. The van der Waals surface area contributed by atoms with E-state index in [1.165, 1.54) is 0 Å². The number of hydrogen-bond acceptors (Lipinski definition) is 3. The lowest BCUT2D eigenvalue weighted by atomic mass is 9.92. The molecule has 2 aromatic rings. The fourth-order valence-electron chi connectivity index (χ4n) is 2.11. The maximum absolute atomic E-state index is 4.65. The minimum Gasteiger partial charge on any atom is -0.366 e. The van der Waals surface area contributed by atoms with E-state index in [1.807, 2.05) is 10.7 Å². The molecule has 0 aliphatic carbocycles. The van der Waals surface area contributed by atoms with Crippen LogP contribution in [0.25, 0.3) is 5.52 Å². The molecule has 0 saturated heterocycles. The molecule has 110 valence electrons. The van der Waals surface area contributed by atoms with Crippen molar-refractivity contribution in [3.63, 3.8) is 0 Å². The molecule has 2 unspecified atom stereocenters. The lowest BCUT2D eigenvalue weighted by molar-refractivity contribution is 0.493. The van der Waals surface area contributed by atoms with Gasteiger partial charge in [-0.3, -0.25) is 0 Å². The smallest absolute Gasteiger partial charge is 0.152 e. The van der Waals surface area contributed by atoms with E-state index in [9.17, 15) is 0 Å². The molecule has 20 heavy (non-hydrogen) atoms. The minimum atomic E-state index is 0.0472. The molecular weight excluding hydrogens is 248 g/mol. The molecule has 4 heteroatoms. The second-order valence-corrected chi connectivity index (χ2v) is 6.70. The zero-order valence-electron chi connectivity index (χ0n) is 13.4. The van der Waals surface area contributed by atoms with Gasteiger partial charge in [0.15, 0.2) is 5.82 Å². The summed E-state index contributed by atoms with van der Waals surface area (Å²) in [5.74, 6) is 1.53. The zero-order chi connectivity index (χ0) is 14.9. The molecule has 0 aliphatic rings. The molecule has 2 atom stereocenters. The average molecular weight is 274 g/mol. The molecule has 0 aliphatic heterocycles. The van der Waals surface area contributed by atoms with Crippen LogP contribution in [-0.2, 0) is 5.41 Å². The first kappa shape index (κ1) is 14.8. The SMILES string of the molecule is CCC(C)C(C)Nc1nccn2nc(C(C)(C)C)cc12. The molecule has 0 fully saturated rings. The summed E-state index contributed by atoms with van der Waals surface area (Å²) in [5.41, 5.74) is 2.18. The van der Waals surface area contributed by atoms with Crippen molar-refractivity contribution in [3.8, 4) is 0 Å². The van der Waals surface area contributed by atoms with Gasteiger partial charge in [-0.05, 0) is 18.9 Å². The highest BCUT2D eigenvalue weighted by Crippen LogP contribution is 2.25. The highest BCUT2D eigenvalue weighted by atomic mass is 15.2. The number of hydrogen-bond donors (Lipinski definition) is 1. The Bertz CT molecular complexity index is 580. The molecule has 0 bridgehead atoms. The summed E-state index contributed by atoms with van der Waals surface area (Å²) in [5, 5.41) is 8.18. The Labute approximate surface area is 121 Å². The van der Waals surface area contributed by atoms with E-state index in [0.29, 0.717) is 12.0 Å². The summed E-state index contributed by atoms with van der Waals surface area (Å²) >= 11 is 0. The van der Waals surface area contributed by atoms with E-state index < -0.39 is 0 Å². The predicted octanol–water partition coefficient (Wildman–Crippen LogP) is 3.87. The van der Waals surface area contributed by atoms with Gasteiger partial charge < -0.3 is 5.32 Å². The van der Waals surface area contributed by atoms with Crippen LogP contribution in [0.15, 0.2) is 18.5 Å². The number of aromatic nitrogens is 3. The molecule has 4 nitrogen and oxygen atoms in total. The van der Waals surface area contributed by atoms with Crippen LogP contribution in [-0.4, -0.2) is 20.6 Å². The molecular formula is C16H26N4. The fraction of sp³-hybridized carbons (Fsp3) is 0.625. The summed E-state index contributed by atoms with van der Waals surface area (Å²) < 4.78 is 1.92. The van der Waals surface area contributed by atoms with Gasteiger partial charge in [-0.1, -0.05) is 41.0 Å². The van der Waals surface area contributed by atoms with Crippen LogP contribution in [0.4, 0.5) is 5.82 Å². The van der Waals surface area contributed by atoms with Crippen LogP contribution in [0, 0.1) is 5.92 Å². The fourth-order valence-corrected chi connectivity index (χ4v) is 2.11. The Kier molecular flexibility index (Phi) is 4.02. The van der Waals surface area contributed by atoms with Gasteiger partial charge in [0, 0.05) is 23.9 Å². The van der Waals surface area contributed by atoms with Crippen molar-refractivity contribution >= 4 is 11.3 Å². The van der Waals surface area contributed by atoms with Crippen molar-refractivity contribution in [1.82, 2.24) is 14.6 Å². The number of anilines is 1. The normalized spacial score (nSPS) is 15.3. The third-order valence-corrected chi connectivity index (χ3v) is 4.02. The molecule has 0 aromatic carbocycles. The van der Waals surface area contributed by atoms with E-state index in [4.69, 9.17) is 0 Å².